The van der Waals surface area contributed by atoms with Crippen molar-refractivity contribution in [1.82, 2.24) is 9.97 Å². The molecule has 1 aliphatic carbocycles. The van der Waals surface area contributed by atoms with Gasteiger partial charge in [-0.25, -0.2) is 4.98 Å². The third kappa shape index (κ3) is 3.85. The molecule has 2 aromatic carbocycles. The zero-order valence-corrected chi connectivity index (χ0v) is 14.5. The molecule has 25 heavy (non-hydrogen) atoms. The lowest BCUT2D eigenvalue weighted by atomic mass is 9.85. The van der Waals surface area contributed by atoms with E-state index in [2.05, 4.69) is 22.1 Å². The summed E-state index contributed by atoms with van der Waals surface area (Å²) in [5.41, 5.74) is 9.83. The fourth-order valence-corrected chi connectivity index (χ4v) is 3.81. The van der Waals surface area contributed by atoms with Crippen LogP contribution in [0, 0.1) is 0 Å². The zero-order chi connectivity index (χ0) is 17.1. The number of H-pyrrole nitrogens is 1. The Balaban J connectivity index is 1.44. The lowest BCUT2D eigenvalue weighted by Crippen LogP contribution is -2.41. The van der Waals surface area contributed by atoms with Gasteiger partial charge in [0, 0.05) is 11.6 Å². The van der Waals surface area contributed by atoms with Gasteiger partial charge in [0.25, 0.3) is 0 Å². The van der Waals surface area contributed by atoms with Crippen molar-refractivity contribution in [3.63, 3.8) is 0 Å². The Labute approximate surface area is 148 Å². The van der Waals surface area contributed by atoms with Gasteiger partial charge >= 0.3 is 0 Å². The molecule has 1 fully saturated rings. The highest BCUT2D eigenvalue weighted by molar-refractivity contribution is 5.76. The van der Waals surface area contributed by atoms with Crippen LogP contribution in [0.25, 0.3) is 11.0 Å². The standard InChI is InChI=1S/C21H25N3O/c22-21(11-3-1-2-4-12-21)14-16-5-7-17(8-6-16)25-18-9-10-19-20(13-18)24-15-23-19/h5-10,13,15H,1-4,11-12,14,22H2,(H,23,24). The van der Waals surface area contributed by atoms with E-state index >= 15 is 0 Å². The van der Waals surface area contributed by atoms with Crippen LogP contribution in [0.1, 0.15) is 44.1 Å². The summed E-state index contributed by atoms with van der Waals surface area (Å²) in [4.78, 5) is 7.33. The van der Waals surface area contributed by atoms with Crippen LogP contribution in [-0.4, -0.2) is 15.5 Å². The summed E-state index contributed by atoms with van der Waals surface area (Å²) in [6.07, 6.45) is 10.1. The fraction of sp³-hybridized carbons (Fsp3) is 0.381. The first-order valence-electron chi connectivity index (χ1n) is 9.19. The van der Waals surface area contributed by atoms with Crippen molar-refractivity contribution in [3.05, 3.63) is 54.4 Å². The Hall–Kier alpha value is -2.33. The van der Waals surface area contributed by atoms with Crippen LogP contribution >= 0.6 is 0 Å². The zero-order valence-electron chi connectivity index (χ0n) is 14.5. The number of rotatable bonds is 4. The normalized spacial score (nSPS) is 17.3. The second kappa shape index (κ2) is 6.89. The maximum Gasteiger partial charge on any atom is 0.129 e. The van der Waals surface area contributed by atoms with E-state index in [1.54, 1.807) is 6.33 Å². The molecule has 130 valence electrons. The summed E-state index contributed by atoms with van der Waals surface area (Å²) < 4.78 is 5.97. The summed E-state index contributed by atoms with van der Waals surface area (Å²) in [5.74, 6) is 1.65. The molecule has 3 N–H and O–H groups in total. The Morgan fingerprint density at radius 3 is 2.44 bits per heavy atom. The Morgan fingerprint density at radius 1 is 0.960 bits per heavy atom. The Kier molecular flexibility index (Phi) is 4.45. The molecule has 0 atom stereocenters. The van der Waals surface area contributed by atoms with E-state index in [1.807, 2.05) is 30.3 Å². The molecule has 0 saturated heterocycles. The highest BCUT2D eigenvalue weighted by Gasteiger charge is 2.26. The number of nitrogens with two attached hydrogens (primary N) is 1. The molecular formula is C21H25N3O. The van der Waals surface area contributed by atoms with E-state index in [1.165, 1.54) is 31.2 Å². The van der Waals surface area contributed by atoms with E-state index in [4.69, 9.17) is 10.5 Å². The smallest absolute Gasteiger partial charge is 0.129 e. The van der Waals surface area contributed by atoms with E-state index in [-0.39, 0.29) is 5.54 Å². The first kappa shape index (κ1) is 16.2. The van der Waals surface area contributed by atoms with Crippen molar-refractivity contribution in [2.24, 2.45) is 5.73 Å². The minimum atomic E-state index is -0.0372. The van der Waals surface area contributed by atoms with Gasteiger partial charge in [-0.1, -0.05) is 37.8 Å². The van der Waals surface area contributed by atoms with Crippen molar-refractivity contribution in [3.8, 4) is 11.5 Å². The average Bonchev–Trinajstić information content (AvgIpc) is 2.97. The van der Waals surface area contributed by atoms with Crippen molar-refractivity contribution in [2.45, 2.75) is 50.5 Å². The van der Waals surface area contributed by atoms with Gasteiger partial charge in [0.15, 0.2) is 0 Å². The van der Waals surface area contributed by atoms with E-state index in [0.29, 0.717) is 0 Å². The average molecular weight is 335 g/mol. The van der Waals surface area contributed by atoms with E-state index in [9.17, 15) is 0 Å². The number of hydrogen-bond donors (Lipinski definition) is 2. The molecule has 1 aromatic heterocycles. The third-order valence-electron chi connectivity index (χ3n) is 5.21. The predicted octanol–water partition coefficient (Wildman–Crippen LogP) is 4.95. The molecular weight excluding hydrogens is 310 g/mol. The first-order chi connectivity index (χ1) is 12.2. The molecule has 0 spiro atoms. The van der Waals surface area contributed by atoms with Crippen molar-refractivity contribution in [1.29, 1.82) is 0 Å². The van der Waals surface area contributed by atoms with E-state index in [0.717, 1.165) is 41.8 Å². The van der Waals surface area contributed by atoms with Crippen molar-refractivity contribution < 1.29 is 4.74 Å². The Bertz CT molecular complexity index is 830. The summed E-state index contributed by atoms with van der Waals surface area (Å²) in [6.45, 7) is 0. The van der Waals surface area contributed by atoms with Gasteiger partial charge in [-0.15, -0.1) is 0 Å². The summed E-state index contributed by atoms with van der Waals surface area (Å²) in [7, 11) is 0. The lowest BCUT2D eigenvalue weighted by Gasteiger charge is -2.28. The van der Waals surface area contributed by atoms with Gasteiger partial charge in [-0.05, 0) is 49.1 Å². The summed E-state index contributed by atoms with van der Waals surface area (Å²) >= 11 is 0. The number of fused-ring (bicyclic) bond motifs is 1. The molecule has 1 aliphatic rings. The highest BCUT2D eigenvalue weighted by Crippen LogP contribution is 2.29. The number of imidazole rings is 1. The van der Waals surface area contributed by atoms with Gasteiger partial charge in [-0.3, -0.25) is 0 Å². The number of nitrogens with zero attached hydrogens (tertiary/aromatic N) is 1. The number of benzene rings is 2. The maximum atomic E-state index is 6.65. The lowest BCUT2D eigenvalue weighted by molar-refractivity contribution is 0.369. The molecule has 3 aromatic rings. The second-order valence-electron chi connectivity index (χ2n) is 7.28. The number of ether oxygens (including phenoxy) is 1. The van der Waals surface area contributed by atoms with Crippen LogP contribution in [-0.2, 0) is 6.42 Å². The van der Waals surface area contributed by atoms with Crippen LogP contribution in [0.3, 0.4) is 0 Å². The SMILES string of the molecule is NC1(Cc2ccc(Oc3ccc4nc[nH]c4c3)cc2)CCCCCC1. The second-order valence-corrected chi connectivity index (χ2v) is 7.28. The quantitative estimate of drug-likeness (QED) is 0.663. The molecule has 0 radical (unpaired) electrons. The predicted molar refractivity (Wildman–Crippen MR) is 101 cm³/mol. The van der Waals surface area contributed by atoms with E-state index < -0.39 is 0 Å². The summed E-state index contributed by atoms with van der Waals surface area (Å²) in [5, 5.41) is 0. The minimum Gasteiger partial charge on any atom is -0.457 e. The number of aromatic nitrogens is 2. The molecule has 0 bridgehead atoms. The highest BCUT2D eigenvalue weighted by atomic mass is 16.5. The minimum absolute atomic E-state index is 0.0372. The largest absolute Gasteiger partial charge is 0.457 e. The van der Waals surface area contributed by atoms with Crippen LogP contribution < -0.4 is 10.5 Å². The van der Waals surface area contributed by atoms with Crippen LogP contribution in [0.2, 0.25) is 0 Å². The van der Waals surface area contributed by atoms with Crippen LogP contribution in [0.5, 0.6) is 11.5 Å². The van der Waals surface area contributed by atoms with Gasteiger partial charge in [0.2, 0.25) is 0 Å². The summed E-state index contributed by atoms with van der Waals surface area (Å²) in [6, 6.07) is 14.2. The first-order valence-corrected chi connectivity index (χ1v) is 9.19. The van der Waals surface area contributed by atoms with Gasteiger partial charge in [0.1, 0.15) is 11.5 Å². The topological polar surface area (TPSA) is 63.9 Å². The molecule has 4 rings (SSSR count). The monoisotopic (exact) mass is 335 g/mol. The maximum absolute atomic E-state index is 6.65. The molecule has 4 heteroatoms. The molecule has 1 heterocycles. The number of hydrogen-bond acceptors (Lipinski definition) is 3. The van der Waals surface area contributed by atoms with Crippen LogP contribution in [0.15, 0.2) is 48.8 Å². The molecule has 1 saturated carbocycles. The molecule has 0 aliphatic heterocycles. The van der Waals surface area contributed by atoms with Crippen LogP contribution in [0.4, 0.5) is 0 Å². The Morgan fingerprint density at radius 2 is 1.68 bits per heavy atom. The molecule has 0 amide bonds. The van der Waals surface area contributed by atoms with Crippen molar-refractivity contribution >= 4 is 11.0 Å². The van der Waals surface area contributed by atoms with Crippen molar-refractivity contribution in [2.75, 3.05) is 0 Å². The molecule has 4 nitrogen and oxygen atoms in total. The number of nitrogens with one attached hydrogen (secondary N) is 1. The van der Waals surface area contributed by atoms with Gasteiger partial charge in [-0.2, -0.15) is 0 Å². The fourth-order valence-electron chi connectivity index (χ4n) is 3.81. The number of aromatic amines is 1. The van der Waals surface area contributed by atoms with Gasteiger partial charge in [0.05, 0.1) is 17.4 Å². The van der Waals surface area contributed by atoms with Gasteiger partial charge < -0.3 is 15.5 Å². The molecule has 0 unspecified atom stereocenters. The third-order valence-corrected chi connectivity index (χ3v) is 5.21.